The van der Waals surface area contributed by atoms with Gasteiger partial charge < -0.3 is 20.1 Å². The van der Waals surface area contributed by atoms with Crippen LogP contribution in [0.4, 0.5) is 5.69 Å². The lowest BCUT2D eigenvalue weighted by molar-refractivity contribution is -0.121. The molecule has 0 saturated carbocycles. The summed E-state index contributed by atoms with van der Waals surface area (Å²) < 4.78 is 10.6. The van der Waals surface area contributed by atoms with E-state index >= 15 is 0 Å². The second kappa shape index (κ2) is 9.18. The van der Waals surface area contributed by atoms with Crippen molar-refractivity contribution in [3.05, 3.63) is 52.5 Å². The number of rotatable bonds is 8. The molecule has 0 radical (unpaired) electrons. The molecular weight excluding hydrogens is 340 g/mol. The van der Waals surface area contributed by atoms with Crippen molar-refractivity contribution in [3.8, 4) is 11.5 Å². The summed E-state index contributed by atoms with van der Waals surface area (Å²) in [6, 6.07) is 11.3. The Morgan fingerprint density at radius 3 is 2.56 bits per heavy atom. The van der Waals surface area contributed by atoms with Crippen molar-refractivity contribution in [2.75, 3.05) is 26.1 Å². The van der Waals surface area contributed by atoms with Crippen molar-refractivity contribution in [3.63, 3.8) is 0 Å². The van der Waals surface area contributed by atoms with Crippen LogP contribution in [0.5, 0.6) is 11.5 Å². The van der Waals surface area contributed by atoms with Crippen molar-refractivity contribution in [2.24, 2.45) is 0 Å². The van der Waals surface area contributed by atoms with E-state index < -0.39 is 0 Å². The lowest BCUT2D eigenvalue weighted by atomic mass is 10.2. The molecule has 0 atom stereocenters. The Bertz CT molecular complexity index is 735. The molecule has 134 valence electrons. The number of hydrogen-bond donors (Lipinski definition) is 2. The summed E-state index contributed by atoms with van der Waals surface area (Å²) >= 11 is 6.09. The van der Waals surface area contributed by atoms with E-state index in [9.17, 15) is 4.79 Å². The number of ether oxygens (including phenoxy) is 2. The zero-order valence-electron chi connectivity index (χ0n) is 14.7. The minimum Gasteiger partial charge on any atom is -0.496 e. The van der Waals surface area contributed by atoms with Crippen molar-refractivity contribution in [1.29, 1.82) is 0 Å². The van der Waals surface area contributed by atoms with Gasteiger partial charge in [0, 0.05) is 36.2 Å². The maximum Gasteiger partial charge on any atom is 0.222 e. The molecule has 0 heterocycles. The Morgan fingerprint density at radius 2 is 1.84 bits per heavy atom. The van der Waals surface area contributed by atoms with Crippen LogP contribution in [-0.4, -0.2) is 26.7 Å². The highest BCUT2D eigenvalue weighted by Crippen LogP contribution is 2.30. The molecule has 2 aromatic carbocycles. The van der Waals surface area contributed by atoms with E-state index in [4.69, 9.17) is 21.1 Å². The van der Waals surface area contributed by atoms with Gasteiger partial charge in [0.2, 0.25) is 5.91 Å². The Kier molecular flexibility index (Phi) is 6.95. The molecule has 0 aliphatic carbocycles. The number of methoxy groups -OCH3 is 2. The Hall–Kier alpha value is -2.40. The molecule has 0 aromatic heterocycles. The summed E-state index contributed by atoms with van der Waals surface area (Å²) in [5.41, 5.74) is 2.72. The van der Waals surface area contributed by atoms with Crippen molar-refractivity contribution < 1.29 is 14.3 Å². The first-order valence-corrected chi connectivity index (χ1v) is 8.39. The molecule has 2 N–H and O–H groups in total. The maximum atomic E-state index is 12.0. The lowest BCUT2D eigenvalue weighted by Crippen LogP contribution is -2.25. The molecule has 0 aliphatic rings. The van der Waals surface area contributed by atoms with Gasteiger partial charge >= 0.3 is 0 Å². The Labute approximate surface area is 153 Å². The largest absolute Gasteiger partial charge is 0.496 e. The number of benzene rings is 2. The first-order chi connectivity index (χ1) is 12.0. The predicted octanol–water partition coefficient (Wildman–Crippen LogP) is 3.78. The molecule has 2 aromatic rings. The molecule has 0 unspecified atom stereocenters. The monoisotopic (exact) mass is 362 g/mol. The van der Waals surface area contributed by atoms with E-state index in [1.807, 2.05) is 37.3 Å². The van der Waals surface area contributed by atoms with Crippen LogP contribution in [0.15, 0.2) is 36.4 Å². The minimum absolute atomic E-state index is 0.0388. The zero-order chi connectivity index (χ0) is 18.2. The number of nitrogens with one attached hydrogen (secondary N) is 2. The third-order valence-electron chi connectivity index (χ3n) is 3.82. The van der Waals surface area contributed by atoms with Gasteiger partial charge in [0.15, 0.2) is 0 Å². The SMILES string of the molecule is COc1ccccc1CNC(=O)CCNc1cc(C)c(Cl)cc1OC. The van der Waals surface area contributed by atoms with E-state index in [0.717, 1.165) is 22.6 Å². The Balaban J connectivity index is 1.84. The highest BCUT2D eigenvalue weighted by Gasteiger charge is 2.08. The van der Waals surface area contributed by atoms with Crippen LogP contribution in [0.2, 0.25) is 5.02 Å². The van der Waals surface area contributed by atoms with Gasteiger partial charge in [-0.25, -0.2) is 0 Å². The summed E-state index contributed by atoms with van der Waals surface area (Å²) in [5.74, 6) is 1.38. The highest BCUT2D eigenvalue weighted by molar-refractivity contribution is 6.31. The fourth-order valence-corrected chi connectivity index (χ4v) is 2.57. The third-order valence-corrected chi connectivity index (χ3v) is 4.22. The standard InChI is InChI=1S/C19H23ClN2O3/c1-13-10-16(18(25-3)11-15(13)20)21-9-8-19(23)22-12-14-6-4-5-7-17(14)24-2/h4-7,10-11,21H,8-9,12H2,1-3H3,(H,22,23). The number of para-hydroxylation sites is 1. The van der Waals surface area contributed by atoms with Gasteiger partial charge in [0.25, 0.3) is 0 Å². The molecular formula is C19H23ClN2O3. The van der Waals surface area contributed by atoms with Gasteiger partial charge in [-0.1, -0.05) is 29.8 Å². The molecule has 6 heteroatoms. The normalized spacial score (nSPS) is 10.2. The molecule has 5 nitrogen and oxygen atoms in total. The highest BCUT2D eigenvalue weighted by atomic mass is 35.5. The average Bonchev–Trinajstić information content (AvgIpc) is 2.62. The van der Waals surface area contributed by atoms with Gasteiger partial charge in [0.1, 0.15) is 11.5 Å². The number of anilines is 1. The predicted molar refractivity (Wildman–Crippen MR) is 101 cm³/mol. The minimum atomic E-state index is -0.0388. The van der Waals surface area contributed by atoms with E-state index in [1.54, 1.807) is 20.3 Å². The van der Waals surface area contributed by atoms with Crippen LogP contribution < -0.4 is 20.1 Å². The molecule has 0 saturated heterocycles. The summed E-state index contributed by atoms with van der Waals surface area (Å²) in [7, 11) is 3.21. The summed E-state index contributed by atoms with van der Waals surface area (Å²) in [5, 5.41) is 6.76. The molecule has 25 heavy (non-hydrogen) atoms. The summed E-state index contributed by atoms with van der Waals surface area (Å²) in [4.78, 5) is 12.0. The molecule has 0 bridgehead atoms. The third kappa shape index (κ3) is 5.29. The van der Waals surface area contributed by atoms with E-state index in [1.165, 1.54) is 0 Å². The first kappa shape index (κ1) is 18.9. The van der Waals surface area contributed by atoms with Crippen LogP contribution in [0, 0.1) is 6.92 Å². The maximum absolute atomic E-state index is 12.0. The number of hydrogen-bond acceptors (Lipinski definition) is 4. The van der Waals surface area contributed by atoms with Gasteiger partial charge in [-0.15, -0.1) is 0 Å². The van der Waals surface area contributed by atoms with E-state index in [-0.39, 0.29) is 5.91 Å². The second-order valence-corrected chi connectivity index (χ2v) is 5.97. The van der Waals surface area contributed by atoms with Gasteiger partial charge in [-0.2, -0.15) is 0 Å². The molecule has 0 spiro atoms. The quantitative estimate of drug-likeness (QED) is 0.750. The number of carbonyl (C=O) groups excluding carboxylic acids is 1. The van der Waals surface area contributed by atoms with Crippen LogP contribution in [0.25, 0.3) is 0 Å². The zero-order valence-corrected chi connectivity index (χ0v) is 15.4. The number of halogens is 1. The number of carbonyl (C=O) groups is 1. The van der Waals surface area contributed by atoms with Crippen molar-refractivity contribution in [1.82, 2.24) is 5.32 Å². The smallest absolute Gasteiger partial charge is 0.222 e. The molecule has 2 rings (SSSR count). The lowest BCUT2D eigenvalue weighted by Gasteiger charge is -2.13. The average molecular weight is 363 g/mol. The summed E-state index contributed by atoms with van der Waals surface area (Å²) in [6.07, 6.45) is 0.347. The molecule has 0 aliphatic heterocycles. The second-order valence-electron chi connectivity index (χ2n) is 5.57. The van der Waals surface area contributed by atoms with E-state index in [2.05, 4.69) is 10.6 Å². The summed E-state index contributed by atoms with van der Waals surface area (Å²) in [6.45, 7) is 2.86. The van der Waals surface area contributed by atoms with Gasteiger partial charge in [-0.3, -0.25) is 4.79 Å². The van der Waals surface area contributed by atoms with Crippen LogP contribution in [-0.2, 0) is 11.3 Å². The van der Waals surface area contributed by atoms with E-state index in [0.29, 0.717) is 30.3 Å². The molecule has 0 fully saturated rings. The topological polar surface area (TPSA) is 59.6 Å². The van der Waals surface area contributed by atoms with Gasteiger partial charge in [0.05, 0.1) is 19.9 Å². The van der Waals surface area contributed by atoms with Crippen molar-refractivity contribution in [2.45, 2.75) is 19.9 Å². The number of aryl methyl sites for hydroxylation is 1. The molecule has 1 amide bonds. The van der Waals surface area contributed by atoms with Crippen molar-refractivity contribution >= 4 is 23.2 Å². The fraction of sp³-hybridized carbons (Fsp3) is 0.316. The Morgan fingerprint density at radius 1 is 1.12 bits per heavy atom. The fourth-order valence-electron chi connectivity index (χ4n) is 2.41. The van der Waals surface area contributed by atoms with Crippen LogP contribution in [0.1, 0.15) is 17.5 Å². The number of amides is 1. The van der Waals surface area contributed by atoms with Crippen LogP contribution in [0.3, 0.4) is 0 Å². The first-order valence-electron chi connectivity index (χ1n) is 8.01. The van der Waals surface area contributed by atoms with Gasteiger partial charge in [-0.05, 0) is 24.6 Å². The van der Waals surface area contributed by atoms with Crippen LogP contribution >= 0.6 is 11.6 Å².